The molecule has 0 spiro atoms. The van der Waals surface area contributed by atoms with E-state index in [1.165, 1.54) is 25.9 Å². The van der Waals surface area contributed by atoms with E-state index in [1.807, 2.05) is 13.8 Å². The number of carbonyl (C=O) groups excluding carboxylic acids is 1. The molecule has 4 nitrogen and oxygen atoms in total. The number of piperidine rings is 2. The maximum atomic E-state index is 12.1. The first kappa shape index (κ1) is 18.9. The Labute approximate surface area is 142 Å². The molecule has 2 heterocycles. The Kier molecular flexibility index (Phi) is 7.05. The van der Waals surface area contributed by atoms with Crippen LogP contribution in [0, 0.1) is 5.92 Å². The second kappa shape index (κ2) is 8.59. The quantitative estimate of drug-likeness (QED) is 0.752. The number of carbonyl (C=O) groups is 1. The lowest BCUT2D eigenvalue weighted by molar-refractivity contribution is -0.128. The molecule has 2 saturated heterocycles. The number of hydrogen-bond donors (Lipinski definition) is 0. The number of Topliss-reactive ketones (excluding diaryl/α,β-unsaturated/α-hetero) is 1. The summed E-state index contributed by atoms with van der Waals surface area (Å²) >= 11 is 0. The van der Waals surface area contributed by atoms with Crippen molar-refractivity contribution < 1.29 is 9.53 Å². The van der Waals surface area contributed by atoms with Crippen molar-refractivity contribution >= 4 is 5.78 Å². The summed E-state index contributed by atoms with van der Waals surface area (Å²) < 4.78 is 6.36. The molecule has 2 aliphatic rings. The van der Waals surface area contributed by atoms with E-state index in [2.05, 4.69) is 30.6 Å². The average molecular weight is 325 g/mol. The summed E-state index contributed by atoms with van der Waals surface area (Å²) in [4.78, 5) is 17.0. The summed E-state index contributed by atoms with van der Waals surface area (Å²) in [7, 11) is 0. The molecule has 0 amide bonds. The highest BCUT2D eigenvalue weighted by Gasteiger charge is 2.30. The van der Waals surface area contributed by atoms with Gasteiger partial charge in [0.25, 0.3) is 0 Å². The molecule has 0 aromatic heterocycles. The van der Waals surface area contributed by atoms with Crippen molar-refractivity contribution in [2.75, 3.05) is 26.2 Å². The maximum absolute atomic E-state index is 12.1. The molecule has 4 heteroatoms. The van der Waals surface area contributed by atoms with Crippen LogP contribution in [0.25, 0.3) is 0 Å². The van der Waals surface area contributed by atoms with Gasteiger partial charge in [0, 0.05) is 38.1 Å². The van der Waals surface area contributed by atoms with E-state index < -0.39 is 0 Å². The first-order valence-electron chi connectivity index (χ1n) is 9.55. The highest BCUT2D eigenvalue weighted by atomic mass is 16.5. The Morgan fingerprint density at radius 3 is 1.65 bits per heavy atom. The Bertz CT molecular complexity index is 368. The van der Waals surface area contributed by atoms with Gasteiger partial charge in [-0.3, -0.25) is 9.69 Å². The van der Waals surface area contributed by atoms with Gasteiger partial charge in [0.15, 0.2) is 5.78 Å². The molecule has 0 saturated carbocycles. The van der Waals surface area contributed by atoms with E-state index in [9.17, 15) is 4.79 Å². The molecule has 0 radical (unpaired) electrons. The molecule has 0 bridgehead atoms. The molecule has 2 fully saturated rings. The van der Waals surface area contributed by atoms with Gasteiger partial charge >= 0.3 is 0 Å². The van der Waals surface area contributed by atoms with Crippen LogP contribution in [0.15, 0.2) is 0 Å². The molecule has 0 aromatic rings. The fourth-order valence-corrected chi connectivity index (χ4v) is 3.86. The van der Waals surface area contributed by atoms with Crippen molar-refractivity contribution in [1.82, 2.24) is 9.80 Å². The second-order valence-electron chi connectivity index (χ2n) is 7.93. The minimum absolute atomic E-state index is 0.0604. The molecule has 1 atom stereocenters. The fourth-order valence-electron chi connectivity index (χ4n) is 3.86. The van der Waals surface area contributed by atoms with Crippen LogP contribution in [0.4, 0.5) is 0 Å². The van der Waals surface area contributed by atoms with E-state index in [0.29, 0.717) is 24.0 Å². The molecule has 0 aliphatic carbocycles. The van der Waals surface area contributed by atoms with Crippen molar-refractivity contribution in [3.63, 3.8) is 0 Å². The summed E-state index contributed by atoms with van der Waals surface area (Å²) in [6.07, 6.45) is 5.31. The highest BCUT2D eigenvalue weighted by Crippen LogP contribution is 2.23. The van der Waals surface area contributed by atoms with Gasteiger partial charge in [-0.25, -0.2) is 0 Å². The van der Waals surface area contributed by atoms with Gasteiger partial charge < -0.3 is 9.64 Å². The standard InChI is InChI=1S/C19H36N2O2/c1-14(2)19(22)16(5)21-12-8-18(9-13-21)23-17-6-10-20(11-7-17)15(3)4/h14-18H,6-13H2,1-5H3. The Morgan fingerprint density at radius 2 is 1.26 bits per heavy atom. The van der Waals surface area contributed by atoms with Crippen molar-refractivity contribution in [2.45, 2.75) is 84.6 Å². The topological polar surface area (TPSA) is 32.8 Å². The van der Waals surface area contributed by atoms with Gasteiger partial charge in [0.2, 0.25) is 0 Å². The number of rotatable bonds is 6. The van der Waals surface area contributed by atoms with Crippen molar-refractivity contribution in [1.29, 1.82) is 0 Å². The number of ketones is 1. The number of hydrogen-bond acceptors (Lipinski definition) is 4. The molecule has 134 valence electrons. The van der Waals surface area contributed by atoms with Crippen LogP contribution in [-0.4, -0.2) is 66.1 Å². The normalized spacial score (nSPS) is 24.5. The minimum atomic E-state index is 0.0604. The van der Waals surface area contributed by atoms with Gasteiger partial charge in [-0.1, -0.05) is 13.8 Å². The molecule has 0 aromatic carbocycles. The molecule has 1 unspecified atom stereocenters. The van der Waals surface area contributed by atoms with Crippen LogP contribution in [-0.2, 0) is 9.53 Å². The Hall–Kier alpha value is -0.450. The Balaban J connectivity index is 1.70. The highest BCUT2D eigenvalue weighted by molar-refractivity contribution is 5.85. The summed E-state index contributed by atoms with van der Waals surface area (Å²) in [5, 5.41) is 0. The zero-order valence-electron chi connectivity index (χ0n) is 15.8. The average Bonchev–Trinajstić information content (AvgIpc) is 2.54. The maximum Gasteiger partial charge on any atom is 0.152 e. The summed E-state index contributed by atoms with van der Waals surface area (Å²) in [6, 6.07) is 0.712. The smallest absolute Gasteiger partial charge is 0.152 e. The van der Waals surface area contributed by atoms with Gasteiger partial charge in [0.05, 0.1) is 18.2 Å². The lowest BCUT2D eigenvalue weighted by Crippen LogP contribution is -2.48. The van der Waals surface area contributed by atoms with Gasteiger partial charge in [-0.05, 0) is 46.5 Å². The van der Waals surface area contributed by atoms with Crippen LogP contribution < -0.4 is 0 Å². The van der Waals surface area contributed by atoms with E-state index in [1.54, 1.807) is 0 Å². The number of likely N-dealkylation sites (tertiary alicyclic amines) is 2. The summed E-state index contributed by atoms with van der Waals surface area (Å²) in [5.41, 5.74) is 0. The molecule has 0 N–H and O–H groups in total. The van der Waals surface area contributed by atoms with Crippen LogP contribution in [0.3, 0.4) is 0 Å². The van der Waals surface area contributed by atoms with Crippen LogP contribution in [0.5, 0.6) is 0 Å². The monoisotopic (exact) mass is 324 g/mol. The predicted octanol–water partition coefficient (Wildman–Crippen LogP) is 2.95. The number of nitrogens with zero attached hydrogens (tertiary/aromatic N) is 2. The molecular weight excluding hydrogens is 288 g/mol. The number of ether oxygens (including phenoxy) is 1. The second-order valence-corrected chi connectivity index (χ2v) is 7.93. The van der Waals surface area contributed by atoms with E-state index in [4.69, 9.17) is 4.74 Å². The third-order valence-corrected chi connectivity index (χ3v) is 5.60. The van der Waals surface area contributed by atoms with Gasteiger partial charge in [-0.15, -0.1) is 0 Å². The van der Waals surface area contributed by atoms with Crippen LogP contribution in [0.1, 0.15) is 60.3 Å². The van der Waals surface area contributed by atoms with E-state index in [-0.39, 0.29) is 12.0 Å². The summed E-state index contributed by atoms with van der Waals surface area (Å²) in [5.74, 6) is 0.496. The van der Waals surface area contributed by atoms with Crippen molar-refractivity contribution in [3.8, 4) is 0 Å². The molecule has 2 aliphatic heterocycles. The van der Waals surface area contributed by atoms with Gasteiger partial charge in [-0.2, -0.15) is 0 Å². The SMILES string of the molecule is CC(C)C(=O)C(C)N1CCC(OC2CCN(C(C)C)CC2)CC1. The van der Waals surface area contributed by atoms with Crippen molar-refractivity contribution in [2.24, 2.45) is 5.92 Å². The molecular formula is C19H36N2O2. The lowest BCUT2D eigenvalue weighted by atomic mass is 9.98. The zero-order valence-corrected chi connectivity index (χ0v) is 15.8. The van der Waals surface area contributed by atoms with Crippen LogP contribution in [0.2, 0.25) is 0 Å². The van der Waals surface area contributed by atoms with Gasteiger partial charge in [0.1, 0.15) is 0 Å². The first-order chi connectivity index (χ1) is 10.9. The van der Waals surface area contributed by atoms with Crippen molar-refractivity contribution in [3.05, 3.63) is 0 Å². The lowest BCUT2D eigenvalue weighted by Gasteiger charge is -2.39. The first-order valence-corrected chi connectivity index (χ1v) is 9.55. The largest absolute Gasteiger partial charge is 0.375 e. The zero-order chi connectivity index (χ0) is 17.0. The molecule has 2 rings (SSSR count). The third kappa shape index (κ3) is 5.27. The minimum Gasteiger partial charge on any atom is -0.375 e. The van der Waals surface area contributed by atoms with Crippen LogP contribution >= 0.6 is 0 Å². The predicted molar refractivity (Wildman–Crippen MR) is 94.7 cm³/mol. The third-order valence-electron chi connectivity index (χ3n) is 5.60. The van der Waals surface area contributed by atoms with E-state index >= 15 is 0 Å². The Morgan fingerprint density at radius 1 is 0.826 bits per heavy atom. The fraction of sp³-hybridized carbons (Fsp3) is 0.947. The molecule has 23 heavy (non-hydrogen) atoms. The summed E-state index contributed by atoms with van der Waals surface area (Å²) in [6.45, 7) is 14.9. The van der Waals surface area contributed by atoms with E-state index in [0.717, 1.165) is 25.9 Å².